The van der Waals surface area contributed by atoms with Crippen LogP contribution >= 0.6 is 0 Å². The maximum Gasteiger partial charge on any atom is 0.261 e. The predicted molar refractivity (Wildman–Crippen MR) is 150 cm³/mol. The third-order valence-corrected chi connectivity index (χ3v) is 5.75. The summed E-state index contributed by atoms with van der Waals surface area (Å²) in [6.45, 7) is 7.26. The van der Waals surface area contributed by atoms with Crippen molar-refractivity contribution in [2.75, 3.05) is 27.7 Å². The lowest BCUT2D eigenvalue weighted by molar-refractivity contribution is -0.129. The molecule has 1 N–H and O–H groups in total. The Balaban J connectivity index is 2.16. The Labute approximate surface area is 228 Å². The van der Waals surface area contributed by atoms with Crippen molar-refractivity contribution >= 4 is 29.1 Å². The van der Waals surface area contributed by atoms with Crippen molar-refractivity contribution in [1.82, 2.24) is 29.7 Å². The number of rotatable bonds is 12. The van der Waals surface area contributed by atoms with Gasteiger partial charge in [0.1, 0.15) is 11.3 Å². The first-order chi connectivity index (χ1) is 18.6. The third kappa shape index (κ3) is 7.53. The highest BCUT2D eigenvalue weighted by atomic mass is 19.1. The number of ether oxygens (including phenoxy) is 1. The van der Waals surface area contributed by atoms with Crippen LogP contribution in [-0.4, -0.2) is 70.3 Å². The SMILES string of the molecule is C=Cc1ccc(OC(C)F)c(C(=C\CCC)/C(=C\N(C)CC(=O)N(C)C)NC(=O)c2cnn3cccnc23)c1. The van der Waals surface area contributed by atoms with Crippen LogP contribution in [0.3, 0.4) is 0 Å². The van der Waals surface area contributed by atoms with Gasteiger partial charge in [0.15, 0.2) is 5.65 Å². The molecule has 1 aromatic carbocycles. The van der Waals surface area contributed by atoms with Crippen molar-refractivity contribution in [1.29, 1.82) is 0 Å². The Morgan fingerprint density at radius 3 is 2.69 bits per heavy atom. The highest BCUT2D eigenvalue weighted by molar-refractivity contribution is 6.02. The molecule has 0 aliphatic carbocycles. The summed E-state index contributed by atoms with van der Waals surface area (Å²) in [7, 11) is 5.09. The molecule has 2 amide bonds. The fraction of sp³-hybridized carbons (Fsp3) is 0.310. The molecule has 39 heavy (non-hydrogen) atoms. The van der Waals surface area contributed by atoms with E-state index in [1.165, 1.54) is 22.5 Å². The van der Waals surface area contributed by atoms with E-state index in [0.717, 1.165) is 12.0 Å². The average molecular weight is 535 g/mol. The molecule has 2 aromatic heterocycles. The second kappa shape index (κ2) is 13.4. The number of alkyl halides is 1. The highest BCUT2D eigenvalue weighted by Gasteiger charge is 2.21. The number of likely N-dealkylation sites (N-methyl/N-ethyl adjacent to an activating group) is 2. The fourth-order valence-corrected chi connectivity index (χ4v) is 3.78. The maximum atomic E-state index is 14.0. The van der Waals surface area contributed by atoms with Gasteiger partial charge in [-0.15, -0.1) is 0 Å². The summed E-state index contributed by atoms with van der Waals surface area (Å²) in [6, 6.07) is 7.00. The summed E-state index contributed by atoms with van der Waals surface area (Å²) in [6.07, 6.45) is 9.99. The van der Waals surface area contributed by atoms with Crippen LogP contribution in [-0.2, 0) is 4.79 Å². The van der Waals surface area contributed by atoms with Crippen LogP contribution in [0, 0.1) is 0 Å². The number of hydrogen-bond acceptors (Lipinski definition) is 6. The van der Waals surface area contributed by atoms with E-state index < -0.39 is 12.3 Å². The lowest BCUT2D eigenvalue weighted by atomic mass is 9.97. The molecular weight excluding hydrogens is 499 g/mol. The predicted octanol–water partition coefficient (Wildman–Crippen LogP) is 4.54. The number of hydrogen-bond donors (Lipinski definition) is 1. The van der Waals surface area contributed by atoms with Gasteiger partial charge >= 0.3 is 0 Å². The number of aromatic nitrogens is 3. The zero-order valence-electron chi connectivity index (χ0n) is 23.0. The minimum Gasteiger partial charge on any atom is -0.460 e. The summed E-state index contributed by atoms with van der Waals surface area (Å²) in [5, 5.41) is 7.20. The van der Waals surface area contributed by atoms with E-state index in [1.807, 2.05) is 19.1 Å². The third-order valence-electron chi connectivity index (χ3n) is 5.75. The Kier molecular flexibility index (Phi) is 9.97. The first kappa shape index (κ1) is 29.1. The fourth-order valence-electron chi connectivity index (χ4n) is 3.78. The molecule has 0 saturated carbocycles. The number of benzene rings is 1. The molecule has 0 fully saturated rings. The molecule has 10 heteroatoms. The Hall–Kier alpha value is -4.47. The molecule has 0 bridgehead atoms. The van der Waals surface area contributed by atoms with Crippen LogP contribution in [0.4, 0.5) is 4.39 Å². The van der Waals surface area contributed by atoms with Gasteiger partial charge in [-0.3, -0.25) is 9.59 Å². The van der Waals surface area contributed by atoms with E-state index in [4.69, 9.17) is 4.74 Å². The maximum absolute atomic E-state index is 14.0. The number of nitrogens with one attached hydrogen (secondary N) is 1. The summed E-state index contributed by atoms with van der Waals surface area (Å²) in [4.78, 5) is 33.4. The topological polar surface area (TPSA) is 92.1 Å². The lowest BCUT2D eigenvalue weighted by Crippen LogP contribution is -2.33. The largest absolute Gasteiger partial charge is 0.460 e. The number of amides is 2. The van der Waals surface area contributed by atoms with Crippen LogP contribution < -0.4 is 10.1 Å². The molecule has 1 unspecified atom stereocenters. The van der Waals surface area contributed by atoms with Gasteiger partial charge in [0.25, 0.3) is 5.91 Å². The lowest BCUT2D eigenvalue weighted by Gasteiger charge is -2.22. The molecule has 0 aliphatic rings. The van der Waals surface area contributed by atoms with E-state index in [2.05, 4.69) is 22.0 Å². The van der Waals surface area contributed by atoms with E-state index in [9.17, 15) is 14.0 Å². The van der Waals surface area contributed by atoms with E-state index in [0.29, 0.717) is 34.7 Å². The van der Waals surface area contributed by atoms with Gasteiger partial charge in [-0.2, -0.15) is 5.10 Å². The molecule has 0 saturated heterocycles. The van der Waals surface area contributed by atoms with Gasteiger partial charge in [-0.05, 0) is 30.2 Å². The first-order valence-electron chi connectivity index (χ1n) is 12.6. The zero-order chi connectivity index (χ0) is 28.5. The van der Waals surface area contributed by atoms with Crippen LogP contribution in [0.1, 0.15) is 48.2 Å². The number of fused-ring (bicyclic) bond motifs is 1. The summed E-state index contributed by atoms with van der Waals surface area (Å²) in [5.41, 5.74) is 3.04. The molecule has 2 heterocycles. The van der Waals surface area contributed by atoms with Crippen molar-refractivity contribution in [3.8, 4) is 5.75 Å². The van der Waals surface area contributed by atoms with E-state index in [-0.39, 0.29) is 18.0 Å². The minimum absolute atomic E-state index is 0.0727. The van der Waals surface area contributed by atoms with Gasteiger partial charge in [0.2, 0.25) is 12.3 Å². The van der Waals surface area contributed by atoms with Crippen molar-refractivity contribution in [3.63, 3.8) is 0 Å². The molecular formula is C29H35FN6O3. The molecule has 0 aliphatic heterocycles. The quantitative estimate of drug-likeness (QED) is 0.343. The van der Waals surface area contributed by atoms with E-state index in [1.54, 1.807) is 68.9 Å². The molecule has 1 atom stereocenters. The number of allylic oxidation sites excluding steroid dienone is 2. The first-order valence-corrected chi connectivity index (χ1v) is 12.6. The van der Waals surface area contributed by atoms with Crippen LogP contribution in [0.25, 0.3) is 17.3 Å². The molecule has 3 rings (SSSR count). The molecule has 0 radical (unpaired) electrons. The molecule has 206 valence electrons. The van der Waals surface area contributed by atoms with Gasteiger partial charge in [-0.1, -0.05) is 38.1 Å². The van der Waals surface area contributed by atoms with Crippen LogP contribution in [0.15, 0.2) is 67.4 Å². The summed E-state index contributed by atoms with van der Waals surface area (Å²) < 4.78 is 21.0. The van der Waals surface area contributed by atoms with Crippen molar-refractivity contribution in [3.05, 3.63) is 84.1 Å². The average Bonchev–Trinajstić information content (AvgIpc) is 3.33. The van der Waals surface area contributed by atoms with Gasteiger partial charge in [0.05, 0.1) is 18.4 Å². The van der Waals surface area contributed by atoms with Crippen LogP contribution in [0.2, 0.25) is 0 Å². The number of carbonyl (C=O) groups excluding carboxylic acids is 2. The summed E-state index contributed by atoms with van der Waals surface area (Å²) in [5.74, 6) is -0.247. The van der Waals surface area contributed by atoms with Crippen molar-refractivity contribution in [2.45, 2.75) is 33.0 Å². The number of carbonyl (C=O) groups is 2. The van der Waals surface area contributed by atoms with Gasteiger partial charge < -0.3 is 19.9 Å². The highest BCUT2D eigenvalue weighted by Crippen LogP contribution is 2.33. The van der Waals surface area contributed by atoms with Gasteiger partial charge in [0, 0.05) is 57.8 Å². The second-order valence-corrected chi connectivity index (χ2v) is 9.17. The number of halogens is 1. The smallest absolute Gasteiger partial charge is 0.261 e. The van der Waals surface area contributed by atoms with Gasteiger partial charge in [-0.25, -0.2) is 13.9 Å². The standard InChI is InChI=1S/C29H35FN6O3/c1-7-9-11-22(23-16-21(8-2)12-13-26(23)39-20(3)30)25(18-35(6)19-27(37)34(4)5)33-29(38)24-17-32-36-15-10-14-31-28(24)36/h8,10-18,20H,2,7,9,19H2,1,3-6H3,(H,33,38)/b22-11+,25-18+. The number of unbranched alkanes of at least 4 members (excludes halogenated alkanes) is 1. The molecule has 0 spiro atoms. The zero-order valence-corrected chi connectivity index (χ0v) is 23.0. The molecule has 3 aromatic rings. The molecule has 9 nitrogen and oxygen atoms in total. The minimum atomic E-state index is -1.56. The second-order valence-electron chi connectivity index (χ2n) is 9.17. The Bertz CT molecular complexity index is 1390. The van der Waals surface area contributed by atoms with Crippen LogP contribution in [0.5, 0.6) is 5.75 Å². The number of nitrogens with zero attached hydrogens (tertiary/aromatic N) is 5. The van der Waals surface area contributed by atoms with Crippen molar-refractivity contribution < 1.29 is 18.7 Å². The normalized spacial score (nSPS) is 12.7. The van der Waals surface area contributed by atoms with Crippen molar-refractivity contribution in [2.24, 2.45) is 0 Å². The monoisotopic (exact) mass is 534 g/mol. The Morgan fingerprint density at radius 2 is 2.03 bits per heavy atom. The summed E-state index contributed by atoms with van der Waals surface area (Å²) >= 11 is 0. The Morgan fingerprint density at radius 1 is 1.26 bits per heavy atom. The van der Waals surface area contributed by atoms with E-state index >= 15 is 0 Å².